The molecule has 0 unspecified atom stereocenters. The molecule has 0 bridgehead atoms. The smallest absolute Gasteiger partial charge is 0.335 e. The minimum Gasteiger partial charge on any atom is -0.478 e. The Kier molecular flexibility index (Phi) is 10.6. The van der Waals surface area contributed by atoms with E-state index in [1.165, 1.54) is 12.8 Å². The minimum atomic E-state index is -0.879. The standard InChI is InChI=1S/C8H15NO2.C7H6O2/c1-2-3-4-5-6-8(7-10)9-11;8-7(9)6-4-2-1-3-5-6/h7,11H,2-6H2,1H3;1-5H,(H,8,9). The molecule has 0 radical (unpaired) electrons. The fraction of sp³-hybridized carbons (Fsp3) is 0.400. The molecule has 0 aromatic heterocycles. The number of hydrogen-bond acceptors (Lipinski definition) is 4. The van der Waals surface area contributed by atoms with Crippen molar-refractivity contribution >= 4 is 18.0 Å². The summed E-state index contributed by atoms with van der Waals surface area (Å²) in [7, 11) is 0. The molecule has 0 aliphatic carbocycles. The van der Waals surface area contributed by atoms with E-state index in [0.29, 0.717) is 18.3 Å². The Hall–Kier alpha value is -2.17. The molecule has 2 N–H and O–H groups in total. The zero-order chi connectivity index (χ0) is 15.2. The molecule has 0 fully saturated rings. The lowest BCUT2D eigenvalue weighted by Gasteiger charge is -1.95. The predicted molar refractivity (Wildman–Crippen MR) is 77.4 cm³/mol. The van der Waals surface area contributed by atoms with Gasteiger partial charge in [-0.1, -0.05) is 49.5 Å². The number of benzene rings is 1. The van der Waals surface area contributed by atoms with Gasteiger partial charge in [0.15, 0.2) is 6.29 Å². The van der Waals surface area contributed by atoms with Crippen molar-refractivity contribution in [3.63, 3.8) is 0 Å². The first-order valence-corrected chi connectivity index (χ1v) is 6.60. The normalized spacial score (nSPS) is 10.3. The van der Waals surface area contributed by atoms with E-state index >= 15 is 0 Å². The van der Waals surface area contributed by atoms with Crippen LogP contribution in [-0.4, -0.2) is 28.3 Å². The number of aldehydes is 1. The maximum absolute atomic E-state index is 10.2. The number of unbranched alkanes of at least 4 members (excludes halogenated alkanes) is 3. The third kappa shape index (κ3) is 8.85. The van der Waals surface area contributed by atoms with Crippen LogP contribution >= 0.6 is 0 Å². The largest absolute Gasteiger partial charge is 0.478 e. The van der Waals surface area contributed by atoms with Gasteiger partial charge in [0.25, 0.3) is 0 Å². The first kappa shape index (κ1) is 17.8. The first-order chi connectivity index (χ1) is 9.65. The number of carbonyl (C=O) groups is 2. The Morgan fingerprint density at radius 1 is 1.20 bits per heavy atom. The fourth-order valence-electron chi connectivity index (χ4n) is 1.45. The highest BCUT2D eigenvalue weighted by atomic mass is 16.4. The molecule has 0 spiro atoms. The zero-order valence-electron chi connectivity index (χ0n) is 11.7. The SMILES string of the molecule is CCCCCCC(C=O)=NO.O=C(O)c1ccccc1. The van der Waals surface area contributed by atoms with E-state index in [1.54, 1.807) is 30.3 Å². The van der Waals surface area contributed by atoms with Gasteiger partial charge in [0.05, 0.1) is 5.56 Å². The second-order valence-electron chi connectivity index (χ2n) is 4.19. The molecule has 0 aliphatic rings. The van der Waals surface area contributed by atoms with Crippen LogP contribution in [0.25, 0.3) is 0 Å². The van der Waals surface area contributed by atoms with Gasteiger partial charge in [0.2, 0.25) is 0 Å². The van der Waals surface area contributed by atoms with E-state index in [9.17, 15) is 9.59 Å². The Bertz CT molecular complexity index is 415. The maximum atomic E-state index is 10.2. The van der Waals surface area contributed by atoms with Crippen LogP contribution in [-0.2, 0) is 4.79 Å². The highest BCUT2D eigenvalue weighted by Crippen LogP contribution is 2.02. The Morgan fingerprint density at radius 3 is 2.25 bits per heavy atom. The number of nitrogens with zero attached hydrogens (tertiary/aromatic N) is 1. The van der Waals surface area contributed by atoms with Gasteiger partial charge in [-0.15, -0.1) is 0 Å². The summed E-state index contributed by atoms with van der Waals surface area (Å²) in [5.41, 5.74) is 0.582. The number of aromatic carboxylic acids is 1. The van der Waals surface area contributed by atoms with Crippen molar-refractivity contribution in [2.75, 3.05) is 0 Å². The number of oxime groups is 1. The summed E-state index contributed by atoms with van der Waals surface area (Å²) in [6, 6.07) is 8.30. The molecule has 0 heterocycles. The third-order valence-corrected chi connectivity index (χ3v) is 2.57. The summed E-state index contributed by atoms with van der Waals surface area (Å²) in [6.45, 7) is 2.13. The van der Waals surface area contributed by atoms with Crippen LogP contribution in [0.2, 0.25) is 0 Å². The van der Waals surface area contributed by atoms with E-state index in [2.05, 4.69) is 12.1 Å². The van der Waals surface area contributed by atoms with E-state index in [0.717, 1.165) is 12.8 Å². The molecule has 5 heteroatoms. The molecule has 1 aromatic carbocycles. The monoisotopic (exact) mass is 279 g/mol. The zero-order valence-corrected chi connectivity index (χ0v) is 11.7. The molecular weight excluding hydrogens is 258 g/mol. The summed E-state index contributed by atoms with van der Waals surface area (Å²) in [5.74, 6) is -0.879. The van der Waals surface area contributed by atoms with Crippen LogP contribution in [0.15, 0.2) is 35.5 Å². The van der Waals surface area contributed by atoms with Crippen molar-refractivity contribution in [1.29, 1.82) is 0 Å². The third-order valence-electron chi connectivity index (χ3n) is 2.57. The minimum absolute atomic E-state index is 0.251. The highest BCUT2D eigenvalue weighted by Gasteiger charge is 1.97. The van der Waals surface area contributed by atoms with Gasteiger partial charge in [0.1, 0.15) is 5.71 Å². The number of carboxylic acids is 1. The van der Waals surface area contributed by atoms with Gasteiger partial charge in [-0.25, -0.2) is 4.79 Å². The van der Waals surface area contributed by atoms with Gasteiger partial charge in [-0.05, 0) is 25.0 Å². The summed E-state index contributed by atoms with van der Waals surface area (Å²) in [6.07, 6.45) is 5.59. The highest BCUT2D eigenvalue weighted by molar-refractivity contribution is 6.27. The van der Waals surface area contributed by atoms with Crippen molar-refractivity contribution in [3.8, 4) is 0 Å². The molecular formula is C15H21NO4. The van der Waals surface area contributed by atoms with Crippen LogP contribution < -0.4 is 0 Å². The van der Waals surface area contributed by atoms with Gasteiger partial charge >= 0.3 is 5.97 Å². The van der Waals surface area contributed by atoms with E-state index < -0.39 is 5.97 Å². The molecule has 0 atom stereocenters. The first-order valence-electron chi connectivity index (χ1n) is 6.60. The Labute approximate surface area is 118 Å². The van der Waals surface area contributed by atoms with Crippen LogP contribution in [0.3, 0.4) is 0 Å². The van der Waals surface area contributed by atoms with E-state index in [-0.39, 0.29) is 5.71 Å². The van der Waals surface area contributed by atoms with Crippen molar-refractivity contribution in [2.45, 2.75) is 39.0 Å². The molecule has 0 saturated carbocycles. The molecule has 0 saturated heterocycles. The topological polar surface area (TPSA) is 87.0 Å². The van der Waals surface area contributed by atoms with E-state index in [1.807, 2.05) is 0 Å². The average Bonchev–Trinajstić information content (AvgIpc) is 2.49. The molecule has 1 rings (SSSR count). The number of carboxylic acid groups (broad SMARTS) is 1. The van der Waals surface area contributed by atoms with Gasteiger partial charge in [0, 0.05) is 0 Å². The van der Waals surface area contributed by atoms with Gasteiger partial charge < -0.3 is 10.3 Å². The van der Waals surface area contributed by atoms with Crippen LogP contribution in [0.5, 0.6) is 0 Å². The van der Waals surface area contributed by atoms with Crippen LogP contribution in [0, 0.1) is 0 Å². The number of rotatable bonds is 7. The van der Waals surface area contributed by atoms with Crippen molar-refractivity contribution < 1.29 is 19.9 Å². The quantitative estimate of drug-likeness (QED) is 0.263. The van der Waals surface area contributed by atoms with E-state index in [4.69, 9.17) is 10.3 Å². The van der Waals surface area contributed by atoms with Gasteiger partial charge in [-0.3, -0.25) is 4.79 Å². The Balaban J connectivity index is 0.000000367. The van der Waals surface area contributed by atoms with Crippen LogP contribution in [0.1, 0.15) is 49.4 Å². The second kappa shape index (κ2) is 11.9. The molecule has 0 amide bonds. The summed E-state index contributed by atoms with van der Waals surface area (Å²) < 4.78 is 0. The summed E-state index contributed by atoms with van der Waals surface area (Å²) in [4.78, 5) is 20.3. The van der Waals surface area contributed by atoms with Crippen molar-refractivity contribution in [1.82, 2.24) is 0 Å². The fourth-order valence-corrected chi connectivity index (χ4v) is 1.45. The molecule has 110 valence electrons. The summed E-state index contributed by atoms with van der Waals surface area (Å²) >= 11 is 0. The summed E-state index contributed by atoms with van der Waals surface area (Å²) in [5, 5.41) is 19.5. The Morgan fingerprint density at radius 2 is 1.85 bits per heavy atom. The lowest BCUT2D eigenvalue weighted by atomic mass is 10.1. The van der Waals surface area contributed by atoms with Crippen molar-refractivity contribution in [3.05, 3.63) is 35.9 Å². The molecule has 1 aromatic rings. The second-order valence-corrected chi connectivity index (χ2v) is 4.19. The molecule has 5 nitrogen and oxygen atoms in total. The number of hydrogen-bond donors (Lipinski definition) is 2. The van der Waals surface area contributed by atoms with Gasteiger partial charge in [-0.2, -0.15) is 0 Å². The molecule has 0 aliphatic heterocycles. The predicted octanol–water partition coefficient (Wildman–Crippen LogP) is 3.37. The van der Waals surface area contributed by atoms with Crippen molar-refractivity contribution in [2.24, 2.45) is 5.16 Å². The lowest BCUT2D eigenvalue weighted by molar-refractivity contribution is -0.102. The lowest BCUT2D eigenvalue weighted by Crippen LogP contribution is -1.98. The number of carbonyl (C=O) groups excluding carboxylic acids is 1. The van der Waals surface area contributed by atoms with Crippen LogP contribution in [0.4, 0.5) is 0 Å². The maximum Gasteiger partial charge on any atom is 0.335 e. The average molecular weight is 279 g/mol. The molecule has 20 heavy (non-hydrogen) atoms.